The summed E-state index contributed by atoms with van der Waals surface area (Å²) in [4.78, 5) is 7.90. The van der Waals surface area contributed by atoms with Crippen molar-refractivity contribution < 1.29 is 10.2 Å². The first kappa shape index (κ1) is 12.5. The van der Waals surface area contributed by atoms with Gasteiger partial charge in [-0.15, -0.1) is 11.6 Å². The Hall–Kier alpha value is -0.940. The third-order valence-electron chi connectivity index (χ3n) is 2.48. The minimum atomic E-state index is -1.04. The number of aliphatic hydroxyl groups is 2. The van der Waals surface area contributed by atoms with Crippen molar-refractivity contribution in [1.82, 2.24) is 9.97 Å². The van der Waals surface area contributed by atoms with Crippen LogP contribution in [0.15, 0.2) is 24.5 Å². The van der Waals surface area contributed by atoms with E-state index in [4.69, 9.17) is 23.2 Å². The Balaban J connectivity index is 2.45. The molecule has 0 aliphatic carbocycles. The Morgan fingerprint density at radius 1 is 1.24 bits per heavy atom. The second-order valence-corrected chi connectivity index (χ2v) is 4.27. The van der Waals surface area contributed by atoms with Crippen LogP contribution in [0.25, 0.3) is 10.9 Å². The highest BCUT2D eigenvalue weighted by Gasteiger charge is 2.17. The molecule has 0 aliphatic heterocycles. The lowest BCUT2D eigenvalue weighted by atomic mass is 10.0. The predicted molar refractivity (Wildman–Crippen MR) is 66.2 cm³/mol. The number of nitrogens with zero attached hydrogens (tertiary/aromatic N) is 2. The summed E-state index contributed by atoms with van der Waals surface area (Å²) in [5.41, 5.74) is 1.16. The van der Waals surface area contributed by atoms with Crippen LogP contribution in [0.2, 0.25) is 5.15 Å². The molecule has 2 atom stereocenters. The average molecular weight is 273 g/mol. The van der Waals surface area contributed by atoms with Gasteiger partial charge in [-0.05, 0) is 17.7 Å². The minimum Gasteiger partial charge on any atom is -0.389 e. The highest BCUT2D eigenvalue weighted by atomic mass is 35.5. The van der Waals surface area contributed by atoms with E-state index in [1.54, 1.807) is 18.2 Å². The first-order chi connectivity index (χ1) is 8.13. The first-order valence-corrected chi connectivity index (χ1v) is 5.87. The fourth-order valence-corrected chi connectivity index (χ4v) is 1.90. The highest BCUT2D eigenvalue weighted by Crippen LogP contribution is 2.24. The molecule has 17 heavy (non-hydrogen) atoms. The molecule has 0 fully saturated rings. The van der Waals surface area contributed by atoms with E-state index in [0.29, 0.717) is 21.6 Å². The number of benzene rings is 1. The smallest absolute Gasteiger partial charge is 0.140 e. The maximum absolute atomic E-state index is 9.81. The van der Waals surface area contributed by atoms with Crippen LogP contribution in [0, 0.1) is 0 Å². The molecule has 90 valence electrons. The molecular weight excluding hydrogens is 263 g/mol. The average Bonchev–Trinajstić information content (AvgIpc) is 2.37. The lowest BCUT2D eigenvalue weighted by molar-refractivity contribution is 0.0328. The van der Waals surface area contributed by atoms with Gasteiger partial charge in [-0.25, -0.2) is 9.97 Å². The van der Waals surface area contributed by atoms with E-state index in [1.165, 1.54) is 6.33 Å². The number of hydrogen-bond donors (Lipinski definition) is 2. The Bertz CT molecular complexity index is 536. The van der Waals surface area contributed by atoms with Crippen LogP contribution in [0.1, 0.15) is 11.7 Å². The van der Waals surface area contributed by atoms with Crippen molar-refractivity contribution in [2.45, 2.75) is 12.2 Å². The lowest BCUT2D eigenvalue weighted by Gasteiger charge is -2.15. The molecule has 0 saturated heterocycles. The number of alkyl halides is 1. The van der Waals surface area contributed by atoms with Crippen LogP contribution in [0.4, 0.5) is 0 Å². The molecule has 2 aromatic rings. The number of aliphatic hydroxyl groups excluding tert-OH is 2. The largest absolute Gasteiger partial charge is 0.389 e. The van der Waals surface area contributed by atoms with Gasteiger partial charge in [-0.2, -0.15) is 0 Å². The van der Waals surface area contributed by atoms with E-state index in [2.05, 4.69) is 9.97 Å². The van der Waals surface area contributed by atoms with Crippen molar-refractivity contribution in [2.75, 3.05) is 5.88 Å². The van der Waals surface area contributed by atoms with Crippen molar-refractivity contribution in [3.8, 4) is 0 Å². The van der Waals surface area contributed by atoms with E-state index in [9.17, 15) is 10.2 Å². The van der Waals surface area contributed by atoms with Gasteiger partial charge in [0.1, 0.15) is 17.6 Å². The number of fused-ring (bicyclic) bond motifs is 1. The van der Waals surface area contributed by atoms with Crippen LogP contribution in [0.5, 0.6) is 0 Å². The molecule has 0 saturated carbocycles. The summed E-state index contributed by atoms with van der Waals surface area (Å²) in [5, 5.41) is 20.3. The number of hydrogen-bond acceptors (Lipinski definition) is 4. The molecule has 1 aromatic carbocycles. The third-order valence-corrected chi connectivity index (χ3v) is 3.09. The zero-order chi connectivity index (χ0) is 12.4. The zero-order valence-corrected chi connectivity index (χ0v) is 10.2. The molecule has 2 N–H and O–H groups in total. The van der Waals surface area contributed by atoms with Gasteiger partial charge in [0.25, 0.3) is 0 Å². The first-order valence-electron chi connectivity index (χ1n) is 4.95. The normalized spacial score (nSPS) is 14.8. The van der Waals surface area contributed by atoms with Gasteiger partial charge >= 0.3 is 0 Å². The molecule has 1 aromatic heterocycles. The second kappa shape index (κ2) is 5.14. The summed E-state index contributed by atoms with van der Waals surface area (Å²) in [6, 6.07) is 5.03. The maximum Gasteiger partial charge on any atom is 0.140 e. The number of halogens is 2. The molecule has 0 aliphatic rings. The van der Waals surface area contributed by atoms with Crippen LogP contribution in [-0.4, -0.2) is 32.2 Å². The predicted octanol–water partition coefficient (Wildman–Crippen LogP) is 1.92. The standard InChI is InChI=1S/C11H10Cl2N2O2/c12-4-9(16)10(17)6-1-2-7-8(3-6)14-5-15-11(7)13/h1-3,5,9-10,16-17H,4H2. The van der Waals surface area contributed by atoms with E-state index < -0.39 is 12.2 Å². The van der Waals surface area contributed by atoms with Gasteiger partial charge in [0.2, 0.25) is 0 Å². The molecule has 0 radical (unpaired) electrons. The Morgan fingerprint density at radius 3 is 2.71 bits per heavy atom. The van der Waals surface area contributed by atoms with Crippen LogP contribution >= 0.6 is 23.2 Å². The second-order valence-electron chi connectivity index (χ2n) is 3.61. The van der Waals surface area contributed by atoms with Crippen molar-refractivity contribution in [2.24, 2.45) is 0 Å². The molecule has 1 heterocycles. The van der Waals surface area contributed by atoms with E-state index in [-0.39, 0.29) is 5.88 Å². The van der Waals surface area contributed by atoms with E-state index >= 15 is 0 Å². The van der Waals surface area contributed by atoms with Gasteiger partial charge in [-0.3, -0.25) is 0 Å². The van der Waals surface area contributed by atoms with Gasteiger partial charge in [-0.1, -0.05) is 17.7 Å². The van der Waals surface area contributed by atoms with E-state index in [0.717, 1.165) is 0 Å². The Kier molecular flexibility index (Phi) is 3.79. The number of aromatic nitrogens is 2. The fraction of sp³-hybridized carbons (Fsp3) is 0.273. The summed E-state index contributed by atoms with van der Waals surface area (Å²) in [7, 11) is 0. The molecule has 6 heteroatoms. The minimum absolute atomic E-state index is 0.0380. The molecule has 0 bridgehead atoms. The SMILES string of the molecule is OC(CCl)C(O)c1ccc2c(Cl)ncnc2c1. The lowest BCUT2D eigenvalue weighted by Crippen LogP contribution is -2.19. The van der Waals surface area contributed by atoms with Gasteiger partial charge in [0.15, 0.2) is 0 Å². The molecule has 4 nitrogen and oxygen atoms in total. The monoisotopic (exact) mass is 272 g/mol. The van der Waals surface area contributed by atoms with E-state index in [1.807, 2.05) is 0 Å². The number of rotatable bonds is 3. The van der Waals surface area contributed by atoms with Crippen molar-refractivity contribution >= 4 is 34.1 Å². The van der Waals surface area contributed by atoms with Crippen molar-refractivity contribution in [3.63, 3.8) is 0 Å². The summed E-state index contributed by atoms with van der Waals surface area (Å²) < 4.78 is 0. The Labute approximate surface area is 108 Å². The van der Waals surface area contributed by atoms with Crippen molar-refractivity contribution in [1.29, 1.82) is 0 Å². The summed E-state index contributed by atoms with van der Waals surface area (Å²) in [5.74, 6) is -0.0380. The summed E-state index contributed by atoms with van der Waals surface area (Å²) >= 11 is 11.4. The van der Waals surface area contributed by atoms with Gasteiger partial charge in [0.05, 0.1) is 17.5 Å². The van der Waals surface area contributed by atoms with Crippen molar-refractivity contribution in [3.05, 3.63) is 35.2 Å². The molecule has 2 unspecified atom stereocenters. The fourth-order valence-electron chi connectivity index (χ4n) is 1.53. The van der Waals surface area contributed by atoms with Crippen LogP contribution in [-0.2, 0) is 0 Å². The third kappa shape index (κ3) is 2.50. The van der Waals surface area contributed by atoms with Crippen LogP contribution < -0.4 is 0 Å². The molecule has 0 spiro atoms. The molecule has 2 rings (SSSR count). The summed E-state index contributed by atoms with van der Waals surface area (Å²) in [6.07, 6.45) is -0.698. The van der Waals surface area contributed by atoms with Gasteiger partial charge < -0.3 is 10.2 Å². The maximum atomic E-state index is 9.81. The highest BCUT2D eigenvalue weighted by molar-refractivity contribution is 6.34. The zero-order valence-electron chi connectivity index (χ0n) is 8.72. The topological polar surface area (TPSA) is 66.2 Å². The van der Waals surface area contributed by atoms with Crippen LogP contribution in [0.3, 0.4) is 0 Å². The Morgan fingerprint density at radius 2 is 2.00 bits per heavy atom. The molecular formula is C11H10Cl2N2O2. The van der Waals surface area contributed by atoms with Gasteiger partial charge in [0, 0.05) is 5.39 Å². The molecule has 0 amide bonds. The summed E-state index contributed by atoms with van der Waals surface area (Å²) in [6.45, 7) is 0. The quantitative estimate of drug-likeness (QED) is 0.662.